The average Bonchev–Trinajstić information content (AvgIpc) is 2.14. The summed E-state index contributed by atoms with van der Waals surface area (Å²) in [5.41, 5.74) is -0.719. The summed E-state index contributed by atoms with van der Waals surface area (Å²) in [6.45, 7) is 3.22. The summed E-state index contributed by atoms with van der Waals surface area (Å²) < 4.78 is 5.09. The predicted molar refractivity (Wildman–Crippen MR) is 60.6 cm³/mol. The second-order valence-corrected chi connectivity index (χ2v) is 4.58. The molecule has 0 aliphatic carbocycles. The molecule has 0 aliphatic rings. The highest BCUT2D eigenvalue weighted by atomic mass is 35.5. The Bertz CT molecular complexity index is 366. The second-order valence-electron chi connectivity index (χ2n) is 3.44. The number of hydrogen-bond donors (Lipinski definition) is 1. The highest BCUT2D eigenvalue weighted by molar-refractivity contribution is 7.98. The maximum Gasteiger partial charge on any atom is 0.224 e. The molecule has 0 atom stereocenters. The van der Waals surface area contributed by atoms with E-state index in [2.05, 4.69) is 9.97 Å². The minimum absolute atomic E-state index is 0.221. The minimum atomic E-state index is -1.13. The molecule has 0 unspecified atom stereocenters. The third kappa shape index (κ3) is 2.74. The molecule has 1 aromatic rings. The van der Waals surface area contributed by atoms with E-state index in [0.717, 1.165) is 0 Å². The SMILES string of the molecule is COc1nc(SC)nc(Cl)c1C(C)(C)O. The van der Waals surface area contributed by atoms with Gasteiger partial charge < -0.3 is 9.84 Å². The largest absolute Gasteiger partial charge is 0.481 e. The van der Waals surface area contributed by atoms with Crippen LogP contribution in [0.15, 0.2) is 5.16 Å². The smallest absolute Gasteiger partial charge is 0.224 e. The third-order valence-electron chi connectivity index (χ3n) is 1.80. The zero-order valence-electron chi connectivity index (χ0n) is 9.04. The lowest BCUT2D eigenvalue weighted by Crippen LogP contribution is -2.19. The van der Waals surface area contributed by atoms with E-state index in [1.54, 1.807) is 13.8 Å². The fraction of sp³-hybridized carbons (Fsp3) is 0.556. The molecule has 1 rings (SSSR count). The highest BCUT2D eigenvalue weighted by Crippen LogP contribution is 2.34. The van der Waals surface area contributed by atoms with Crippen LogP contribution in [0.2, 0.25) is 5.15 Å². The quantitative estimate of drug-likeness (QED) is 0.504. The van der Waals surface area contributed by atoms with Crippen LogP contribution in [0.4, 0.5) is 0 Å². The first-order chi connectivity index (χ1) is 6.90. The molecule has 0 saturated heterocycles. The van der Waals surface area contributed by atoms with E-state index < -0.39 is 5.60 Å². The second kappa shape index (κ2) is 4.55. The molecule has 0 saturated carbocycles. The zero-order chi connectivity index (χ0) is 11.6. The molecule has 0 amide bonds. The van der Waals surface area contributed by atoms with Gasteiger partial charge in [-0.15, -0.1) is 0 Å². The Kier molecular flexibility index (Phi) is 3.81. The summed E-state index contributed by atoms with van der Waals surface area (Å²) in [7, 11) is 1.48. The Hall–Kier alpha value is -0.520. The number of nitrogens with zero attached hydrogens (tertiary/aromatic N) is 2. The maximum absolute atomic E-state index is 9.89. The van der Waals surface area contributed by atoms with Gasteiger partial charge in [-0.25, -0.2) is 4.98 Å². The summed E-state index contributed by atoms with van der Waals surface area (Å²) in [6.07, 6.45) is 1.84. The molecule has 1 N–H and O–H groups in total. The van der Waals surface area contributed by atoms with E-state index in [1.165, 1.54) is 18.9 Å². The molecule has 0 bridgehead atoms. The summed E-state index contributed by atoms with van der Waals surface area (Å²) in [5, 5.41) is 10.6. The van der Waals surface area contributed by atoms with Crippen molar-refractivity contribution in [3.63, 3.8) is 0 Å². The first-order valence-electron chi connectivity index (χ1n) is 4.28. The van der Waals surface area contributed by atoms with Crippen molar-refractivity contribution in [1.29, 1.82) is 0 Å². The van der Waals surface area contributed by atoms with Gasteiger partial charge in [-0.3, -0.25) is 0 Å². The molecule has 1 aromatic heterocycles. The van der Waals surface area contributed by atoms with Crippen molar-refractivity contribution >= 4 is 23.4 Å². The van der Waals surface area contributed by atoms with Crippen molar-refractivity contribution in [2.24, 2.45) is 0 Å². The number of ether oxygens (including phenoxy) is 1. The van der Waals surface area contributed by atoms with Gasteiger partial charge in [0.2, 0.25) is 5.88 Å². The topological polar surface area (TPSA) is 55.2 Å². The number of hydrogen-bond acceptors (Lipinski definition) is 5. The van der Waals surface area contributed by atoms with Crippen molar-refractivity contribution in [1.82, 2.24) is 9.97 Å². The zero-order valence-corrected chi connectivity index (χ0v) is 10.6. The molecule has 0 aromatic carbocycles. The van der Waals surface area contributed by atoms with E-state index in [-0.39, 0.29) is 5.15 Å². The first kappa shape index (κ1) is 12.5. The fourth-order valence-corrected chi connectivity index (χ4v) is 1.95. The molecule has 0 radical (unpaired) electrons. The molecule has 84 valence electrons. The number of aromatic nitrogens is 2. The van der Waals surface area contributed by atoms with Crippen molar-refractivity contribution in [2.75, 3.05) is 13.4 Å². The number of methoxy groups -OCH3 is 1. The summed E-state index contributed by atoms with van der Waals surface area (Å²) in [6, 6.07) is 0. The van der Waals surface area contributed by atoms with Gasteiger partial charge in [-0.2, -0.15) is 4.98 Å². The van der Waals surface area contributed by atoms with Gasteiger partial charge in [0.15, 0.2) is 5.16 Å². The summed E-state index contributed by atoms with van der Waals surface area (Å²) in [5.74, 6) is 0.312. The first-order valence-corrected chi connectivity index (χ1v) is 5.88. The van der Waals surface area contributed by atoms with Gasteiger partial charge in [0.1, 0.15) is 5.15 Å². The molecule has 6 heteroatoms. The fourth-order valence-electron chi connectivity index (χ4n) is 1.15. The molecule has 0 aliphatic heterocycles. The normalized spacial score (nSPS) is 11.6. The van der Waals surface area contributed by atoms with Crippen LogP contribution in [0.1, 0.15) is 19.4 Å². The molecule has 0 fully saturated rings. The standard InChI is InChI=1S/C9H13ClN2O2S/c1-9(2,13)5-6(10)11-8(15-4)12-7(5)14-3/h13H,1-4H3. The Labute approximate surface area is 98.0 Å². The number of halogens is 1. The maximum atomic E-state index is 9.89. The monoisotopic (exact) mass is 248 g/mol. The number of aliphatic hydroxyl groups is 1. The molecule has 1 heterocycles. The van der Waals surface area contributed by atoms with E-state index in [0.29, 0.717) is 16.6 Å². The van der Waals surface area contributed by atoms with Gasteiger partial charge in [0.05, 0.1) is 18.3 Å². The number of rotatable bonds is 3. The summed E-state index contributed by atoms with van der Waals surface area (Å²) >= 11 is 7.34. The Balaban J connectivity index is 3.38. The van der Waals surface area contributed by atoms with E-state index in [1.807, 2.05) is 6.26 Å². The third-order valence-corrected chi connectivity index (χ3v) is 2.62. The van der Waals surface area contributed by atoms with Gasteiger partial charge in [-0.05, 0) is 20.1 Å². The van der Waals surface area contributed by atoms with Crippen molar-refractivity contribution < 1.29 is 9.84 Å². The van der Waals surface area contributed by atoms with Crippen LogP contribution in [0, 0.1) is 0 Å². The molecule has 4 nitrogen and oxygen atoms in total. The Morgan fingerprint density at radius 1 is 1.40 bits per heavy atom. The highest BCUT2D eigenvalue weighted by Gasteiger charge is 2.27. The van der Waals surface area contributed by atoms with Crippen LogP contribution in [0.25, 0.3) is 0 Å². The van der Waals surface area contributed by atoms with Crippen LogP contribution in [0.5, 0.6) is 5.88 Å². The van der Waals surface area contributed by atoms with E-state index in [4.69, 9.17) is 16.3 Å². The lowest BCUT2D eigenvalue weighted by Gasteiger charge is -2.20. The van der Waals surface area contributed by atoms with Gasteiger partial charge in [0, 0.05) is 0 Å². The number of thioether (sulfide) groups is 1. The van der Waals surface area contributed by atoms with Crippen LogP contribution in [0.3, 0.4) is 0 Å². The average molecular weight is 249 g/mol. The van der Waals surface area contributed by atoms with E-state index >= 15 is 0 Å². The van der Waals surface area contributed by atoms with Crippen molar-refractivity contribution in [3.05, 3.63) is 10.7 Å². The predicted octanol–water partition coefficient (Wildman–Crippen LogP) is 2.09. The minimum Gasteiger partial charge on any atom is -0.481 e. The Morgan fingerprint density at radius 2 is 2.00 bits per heavy atom. The Morgan fingerprint density at radius 3 is 2.40 bits per heavy atom. The lowest BCUT2D eigenvalue weighted by molar-refractivity contribution is 0.0743. The van der Waals surface area contributed by atoms with Crippen molar-refractivity contribution in [3.8, 4) is 5.88 Å². The van der Waals surface area contributed by atoms with Crippen LogP contribution in [-0.4, -0.2) is 28.4 Å². The molecule has 0 spiro atoms. The lowest BCUT2D eigenvalue weighted by atomic mass is 10.0. The molecular weight excluding hydrogens is 236 g/mol. The summed E-state index contributed by atoms with van der Waals surface area (Å²) in [4.78, 5) is 8.17. The van der Waals surface area contributed by atoms with Crippen LogP contribution < -0.4 is 4.74 Å². The van der Waals surface area contributed by atoms with E-state index in [9.17, 15) is 5.11 Å². The van der Waals surface area contributed by atoms with Gasteiger partial charge in [0.25, 0.3) is 0 Å². The van der Waals surface area contributed by atoms with Gasteiger partial charge in [-0.1, -0.05) is 23.4 Å². The van der Waals surface area contributed by atoms with Crippen molar-refractivity contribution in [2.45, 2.75) is 24.6 Å². The van der Waals surface area contributed by atoms with Crippen LogP contribution in [-0.2, 0) is 5.60 Å². The molecule has 15 heavy (non-hydrogen) atoms. The molecular formula is C9H13ClN2O2S. The van der Waals surface area contributed by atoms with Gasteiger partial charge >= 0.3 is 0 Å². The van der Waals surface area contributed by atoms with Crippen LogP contribution >= 0.6 is 23.4 Å².